The smallest absolute Gasteiger partial charge is 0.326 e. The van der Waals surface area contributed by atoms with Crippen molar-refractivity contribution < 1.29 is 19.1 Å². The van der Waals surface area contributed by atoms with Crippen molar-refractivity contribution in [3.05, 3.63) is 60.3 Å². The molecule has 0 radical (unpaired) electrons. The van der Waals surface area contributed by atoms with Crippen LogP contribution in [0.3, 0.4) is 0 Å². The lowest BCUT2D eigenvalue weighted by Crippen LogP contribution is -2.31. The highest BCUT2D eigenvalue weighted by molar-refractivity contribution is 5.98. The van der Waals surface area contributed by atoms with Gasteiger partial charge in [-0.15, -0.1) is 5.75 Å². The summed E-state index contributed by atoms with van der Waals surface area (Å²) >= 11 is 0. The number of rotatable bonds is 3. The summed E-state index contributed by atoms with van der Waals surface area (Å²) in [6.45, 7) is 1.97. The average molecular weight is 310 g/mol. The predicted octanol–water partition coefficient (Wildman–Crippen LogP) is 1.98. The van der Waals surface area contributed by atoms with Gasteiger partial charge in [-0.3, -0.25) is 9.84 Å². The second-order valence-electron chi connectivity index (χ2n) is 4.95. The first-order valence-corrected chi connectivity index (χ1v) is 6.91. The molecule has 3 aromatic rings. The Labute approximate surface area is 132 Å². The minimum absolute atomic E-state index is 0.0892. The molecule has 0 saturated carbocycles. The van der Waals surface area contributed by atoms with Gasteiger partial charge >= 0.3 is 11.9 Å². The number of carbonyl (C=O) groups excluding carboxylic acids is 1. The summed E-state index contributed by atoms with van der Waals surface area (Å²) in [5, 5.41) is 20.1. The van der Waals surface area contributed by atoms with Crippen molar-refractivity contribution >= 4 is 17.6 Å². The van der Waals surface area contributed by atoms with E-state index in [9.17, 15) is 9.90 Å². The summed E-state index contributed by atoms with van der Waals surface area (Å²) in [6.07, 6.45) is 1.51. The number of hydrogen-bond acceptors (Lipinski definition) is 4. The fourth-order valence-corrected chi connectivity index (χ4v) is 1.93. The highest BCUT2D eigenvalue weighted by Gasteiger charge is 2.16. The maximum atomic E-state index is 11.9. The number of hydrogen-bond donors (Lipinski definition) is 2. The maximum absolute atomic E-state index is 11.9. The Bertz CT molecular complexity index is 810. The Hall–Kier alpha value is -3.35. The standard InChI is InChI=1S/C16H14N4O3/c1-11-2-4-12(5-3-11)17-16(22)18-15-10-20(19-23-15)13-6-8-14(21)9-7-13/h2-10H,1H3,(H2-,17,18,19,21,22). The Kier molecular flexibility index (Phi) is 3.92. The molecule has 1 aromatic heterocycles. The van der Waals surface area contributed by atoms with Gasteiger partial charge in [0.05, 0.1) is 0 Å². The molecule has 0 atom stereocenters. The van der Waals surface area contributed by atoms with Crippen molar-refractivity contribution in [2.45, 2.75) is 6.92 Å². The van der Waals surface area contributed by atoms with Crippen LogP contribution in [-0.2, 0) is 0 Å². The molecule has 7 nitrogen and oxygen atoms in total. The minimum Gasteiger partial charge on any atom is -0.872 e. The molecule has 0 aliphatic carbocycles. The van der Waals surface area contributed by atoms with Crippen LogP contribution < -0.4 is 20.4 Å². The number of nitrogens with one attached hydrogen (secondary N) is 2. The zero-order valence-corrected chi connectivity index (χ0v) is 12.3. The lowest BCUT2D eigenvalue weighted by atomic mass is 10.2. The summed E-state index contributed by atoms with van der Waals surface area (Å²) in [4.78, 5) is 11.9. The Morgan fingerprint density at radius 1 is 1.09 bits per heavy atom. The first-order valence-electron chi connectivity index (χ1n) is 6.91. The summed E-state index contributed by atoms with van der Waals surface area (Å²) in [5.74, 6) is 0.0921. The highest BCUT2D eigenvalue weighted by atomic mass is 16.5. The monoisotopic (exact) mass is 310 g/mol. The SMILES string of the molecule is Cc1ccc(NC(=O)Nc2c[n+](-c3ccc([O-])cc3)no2)cc1. The first kappa shape index (κ1) is 14.6. The Morgan fingerprint density at radius 3 is 2.48 bits per heavy atom. The number of urea groups is 1. The summed E-state index contributed by atoms with van der Waals surface area (Å²) in [6, 6.07) is 13.0. The Morgan fingerprint density at radius 2 is 1.78 bits per heavy atom. The summed E-state index contributed by atoms with van der Waals surface area (Å²) < 4.78 is 6.46. The third kappa shape index (κ3) is 3.65. The fraction of sp³-hybridized carbons (Fsp3) is 0.0625. The lowest BCUT2D eigenvalue weighted by molar-refractivity contribution is -0.670. The highest BCUT2D eigenvalue weighted by Crippen LogP contribution is 2.11. The molecule has 0 saturated heterocycles. The van der Waals surface area contributed by atoms with Gasteiger partial charge in [-0.1, -0.05) is 29.8 Å². The fourth-order valence-electron chi connectivity index (χ4n) is 1.93. The number of benzene rings is 2. The molecule has 0 aliphatic heterocycles. The third-order valence-corrected chi connectivity index (χ3v) is 3.11. The van der Waals surface area contributed by atoms with Gasteiger partial charge < -0.3 is 10.4 Å². The van der Waals surface area contributed by atoms with Gasteiger partial charge in [0.1, 0.15) is 0 Å². The van der Waals surface area contributed by atoms with Crippen molar-refractivity contribution in [2.75, 3.05) is 10.6 Å². The van der Waals surface area contributed by atoms with E-state index in [2.05, 4.69) is 15.9 Å². The molecular weight excluding hydrogens is 296 g/mol. The first-order chi connectivity index (χ1) is 11.1. The van der Waals surface area contributed by atoms with Crippen LogP contribution in [0.1, 0.15) is 5.56 Å². The van der Waals surface area contributed by atoms with Crippen LogP contribution in [0.15, 0.2) is 59.3 Å². The molecule has 23 heavy (non-hydrogen) atoms. The number of aromatic nitrogens is 2. The number of carbonyl (C=O) groups is 1. The number of nitrogens with zero attached hydrogens (tertiary/aromatic N) is 2. The van der Waals surface area contributed by atoms with Crippen LogP contribution in [-0.4, -0.2) is 11.3 Å². The average Bonchev–Trinajstić information content (AvgIpc) is 2.98. The Balaban J connectivity index is 1.65. The molecular formula is C16H14N4O3. The van der Waals surface area contributed by atoms with E-state index in [0.717, 1.165) is 5.56 Å². The summed E-state index contributed by atoms with van der Waals surface area (Å²) in [5.41, 5.74) is 2.43. The molecule has 0 spiro atoms. The number of amides is 2. The van der Waals surface area contributed by atoms with E-state index in [-0.39, 0.29) is 11.6 Å². The van der Waals surface area contributed by atoms with Crippen molar-refractivity contribution in [3.8, 4) is 11.4 Å². The van der Waals surface area contributed by atoms with Gasteiger partial charge in [0.15, 0.2) is 0 Å². The number of aryl methyl sites for hydroxylation is 1. The third-order valence-electron chi connectivity index (χ3n) is 3.11. The van der Waals surface area contributed by atoms with E-state index in [0.29, 0.717) is 11.4 Å². The van der Waals surface area contributed by atoms with Gasteiger partial charge in [0.25, 0.3) is 6.20 Å². The van der Waals surface area contributed by atoms with Gasteiger partial charge in [0, 0.05) is 17.8 Å². The second kappa shape index (κ2) is 6.18. The van der Waals surface area contributed by atoms with Crippen molar-refractivity contribution in [2.24, 2.45) is 0 Å². The van der Waals surface area contributed by atoms with Crippen LogP contribution in [0, 0.1) is 6.92 Å². The molecule has 3 rings (SSSR count). The molecule has 1 heterocycles. The molecule has 2 amide bonds. The van der Waals surface area contributed by atoms with Crippen molar-refractivity contribution in [1.29, 1.82) is 0 Å². The van der Waals surface area contributed by atoms with Crippen LogP contribution in [0.5, 0.6) is 5.75 Å². The van der Waals surface area contributed by atoms with Gasteiger partial charge in [-0.2, -0.15) is 0 Å². The van der Waals surface area contributed by atoms with E-state index in [1.807, 2.05) is 19.1 Å². The van der Waals surface area contributed by atoms with Gasteiger partial charge in [-0.25, -0.2) is 4.79 Å². The van der Waals surface area contributed by atoms with Crippen LogP contribution >= 0.6 is 0 Å². The van der Waals surface area contributed by atoms with E-state index in [1.165, 1.54) is 23.0 Å². The molecule has 2 N–H and O–H groups in total. The maximum Gasteiger partial charge on any atom is 0.326 e. The van der Waals surface area contributed by atoms with Crippen LogP contribution in [0.2, 0.25) is 0 Å². The van der Waals surface area contributed by atoms with Crippen LogP contribution in [0.4, 0.5) is 16.4 Å². The van der Waals surface area contributed by atoms with E-state index >= 15 is 0 Å². The van der Waals surface area contributed by atoms with Crippen molar-refractivity contribution in [3.63, 3.8) is 0 Å². The zero-order valence-electron chi connectivity index (χ0n) is 12.3. The molecule has 116 valence electrons. The normalized spacial score (nSPS) is 10.3. The van der Waals surface area contributed by atoms with Crippen LogP contribution in [0.25, 0.3) is 5.69 Å². The van der Waals surface area contributed by atoms with Gasteiger partial charge in [-0.05, 0) is 23.7 Å². The second-order valence-corrected chi connectivity index (χ2v) is 4.95. The molecule has 2 aromatic carbocycles. The van der Waals surface area contributed by atoms with Crippen molar-refractivity contribution in [1.82, 2.24) is 5.27 Å². The molecule has 0 aliphatic rings. The largest absolute Gasteiger partial charge is 0.872 e. The topological polar surface area (TPSA) is 94.1 Å². The molecule has 7 heteroatoms. The summed E-state index contributed by atoms with van der Waals surface area (Å²) in [7, 11) is 0. The van der Waals surface area contributed by atoms with Gasteiger partial charge in [0.2, 0.25) is 11.0 Å². The predicted molar refractivity (Wildman–Crippen MR) is 81.3 cm³/mol. The lowest BCUT2D eigenvalue weighted by Gasteiger charge is -2.04. The van der Waals surface area contributed by atoms with E-state index in [4.69, 9.17) is 4.52 Å². The molecule has 0 bridgehead atoms. The minimum atomic E-state index is -0.438. The van der Waals surface area contributed by atoms with E-state index < -0.39 is 6.03 Å². The molecule has 0 fully saturated rings. The number of anilines is 2. The quantitative estimate of drug-likeness (QED) is 0.723. The zero-order chi connectivity index (χ0) is 16.2. The molecule has 0 unspecified atom stereocenters. The van der Waals surface area contributed by atoms with E-state index in [1.54, 1.807) is 24.3 Å².